The maximum atomic E-state index is 11.7. The van der Waals surface area contributed by atoms with E-state index in [1.54, 1.807) is 6.07 Å². The molecule has 0 bridgehead atoms. The Balaban J connectivity index is 1.98. The van der Waals surface area contributed by atoms with Gasteiger partial charge in [0, 0.05) is 11.1 Å². The van der Waals surface area contributed by atoms with E-state index in [1.807, 2.05) is 39.0 Å². The van der Waals surface area contributed by atoms with Crippen molar-refractivity contribution in [1.29, 1.82) is 0 Å². The number of H-pyrrole nitrogens is 1. The number of hydrogen-bond acceptors (Lipinski definition) is 4. The van der Waals surface area contributed by atoms with Crippen LogP contribution in [0.5, 0.6) is 0 Å². The van der Waals surface area contributed by atoms with E-state index in [0.717, 1.165) is 5.56 Å². The summed E-state index contributed by atoms with van der Waals surface area (Å²) in [5.74, 6) is 0.827. The highest BCUT2D eigenvalue weighted by Gasteiger charge is 2.15. The third kappa shape index (κ3) is 4.75. The molecule has 1 amide bonds. The molecule has 0 fully saturated rings. The Kier molecular flexibility index (Phi) is 4.90. The number of nitrogens with zero attached hydrogens (tertiary/aromatic N) is 2. The van der Waals surface area contributed by atoms with Crippen molar-refractivity contribution in [3.8, 4) is 11.4 Å². The predicted molar refractivity (Wildman–Crippen MR) is 85.4 cm³/mol. The van der Waals surface area contributed by atoms with Crippen LogP contribution in [0.4, 0.5) is 0 Å². The maximum absolute atomic E-state index is 11.7. The number of aromatic nitrogens is 3. The number of hydrogen-bond donors (Lipinski definition) is 2. The number of carbonyl (C=O) groups is 1. The van der Waals surface area contributed by atoms with Gasteiger partial charge in [-0.1, -0.05) is 35.5 Å². The van der Waals surface area contributed by atoms with E-state index in [-0.39, 0.29) is 17.2 Å². The van der Waals surface area contributed by atoms with Crippen LogP contribution in [-0.2, 0) is 4.79 Å². The summed E-state index contributed by atoms with van der Waals surface area (Å²) in [5, 5.41) is 10.9. The summed E-state index contributed by atoms with van der Waals surface area (Å²) in [6.07, 6.45) is 0. The van der Waals surface area contributed by atoms with Crippen LogP contribution < -0.4 is 5.32 Å². The normalized spacial score (nSPS) is 11.4. The van der Waals surface area contributed by atoms with Gasteiger partial charge in [-0.2, -0.15) is 0 Å². The fourth-order valence-corrected chi connectivity index (χ4v) is 2.49. The average Bonchev–Trinajstić information content (AvgIpc) is 2.83. The van der Waals surface area contributed by atoms with Crippen molar-refractivity contribution in [2.75, 3.05) is 5.75 Å². The lowest BCUT2D eigenvalue weighted by molar-refractivity contribution is -0.119. The van der Waals surface area contributed by atoms with Gasteiger partial charge in [0.2, 0.25) is 11.1 Å². The minimum atomic E-state index is -0.237. The molecule has 7 heteroatoms. The zero-order chi connectivity index (χ0) is 15.5. The van der Waals surface area contributed by atoms with Crippen molar-refractivity contribution in [2.24, 2.45) is 0 Å². The molecule has 0 aliphatic rings. The molecule has 1 heterocycles. The van der Waals surface area contributed by atoms with Crippen LogP contribution in [0.25, 0.3) is 11.4 Å². The number of amides is 1. The molecule has 112 valence electrons. The molecule has 2 N–H and O–H groups in total. The lowest BCUT2D eigenvalue weighted by atomic mass is 10.1. The van der Waals surface area contributed by atoms with Gasteiger partial charge < -0.3 is 5.32 Å². The van der Waals surface area contributed by atoms with E-state index in [1.165, 1.54) is 11.8 Å². The standard InChI is InChI=1S/C14H17ClN4OS/c1-14(2,3)17-11(20)8-21-13-16-12(18-19-13)9-6-4-5-7-10(9)15/h4-7H,8H2,1-3H3,(H,17,20)(H,16,18,19). The maximum Gasteiger partial charge on any atom is 0.230 e. The highest BCUT2D eigenvalue weighted by molar-refractivity contribution is 7.99. The third-order valence-electron chi connectivity index (χ3n) is 2.44. The van der Waals surface area contributed by atoms with Crippen LogP contribution in [-0.4, -0.2) is 32.4 Å². The number of aromatic amines is 1. The van der Waals surface area contributed by atoms with E-state index in [2.05, 4.69) is 20.5 Å². The first-order chi connectivity index (χ1) is 9.85. The van der Waals surface area contributed by atoms with Crippen molar-refractivity contribution < 1.29 is 4.79 Å². The molecule has 0 aliphatic carbocycles. The summed E-state index contributed by atoms with van der Waals surface area (Å²) in [4.78, 5) is 16.1. The number of benzene rings is 1. The molecule has 0 saturated heterocycles. The minimum Gasteiger partial charge on any atom is -0.351 e. The third-order valence-corrected chi connectivity index (χ3v) is 3.62. The monoisotopic (exact) mass is 324 g/mol. The largest absolute Gasteiger partial charge is 0.351 e. The van der Waals surface area contributed by atoms with Gasteiger partial charge >= 0.3 is 0 Å². The average molecular weight is 325 g/mol. The molecular formula is C14H17ClN4OS. The van der Waals surface area contributed by atoms with Crippen molar-refractivity contribution in [1.82, 2.24) is 20.5 Å². The van der Waals surface area contributed by atoms with Gasteiger partial charge in [-0.05, 0) is 32.9 Å². The van der Waals surface area contributed by atoms with Crippen LogP contribution in [0.2, 0.25) is 5.02 Å². The molecule has 0 aliphatic heterocycles. The fraction of sp³-hybridized carbons (Fsp3) is 0.357. The second-order valence-corrected chi connectivity index (χ2v) is 6.88. The Bertz CT molecular complexity index is 636. The molecule has 2 aromatic rings. The van der Waals surface area contributed by atoms with Crippen molar-refractivity contribution in [2.45, 2.75) is 31.5 Å². The Morgan fingerprint density at radius 2 is 2.10 bits per heavy atom. The highest BCUT2D eigenvalue weighted by Crippen LogP contribution is 2.25. The molecule has 0 saturated carbocycles. The lowest BCUT2D eigenvalue weighted by Crippen LogP contribution is -2.41. The molecular weight excluding hydrogens is 308 g/mol. The Morgan fingerprint density at radius 3 is 2.76 bits per heavy atom. The first kappa shape index (κ1) is 15.9. The molecule has 0 spiro atoms. The molecule has 0 unspecified atom stereocenters. The zero-order valence-corrected chi connectivity index (χ0v) is 13.7. The van der Waals surface area contributed by atoms with Gasteiger partial charge in [-0.3, -0.25) is 9.89 Å². The Labute approximate surface area is 132 Å². The second kappa shape index (κ2) is 6.49. The van der Waals surface area contributed by atoms with E-state index >= 15 is 0 Å². The number of nitrogens with one attached hydrogen (secondary N) is 2. The Hall–Kier alpha value is -1.53. The number of carbonyl (C=O) groups excluding carboxylic acids is 1. The van der Waals surface area contributed by atoms with Crippen LogP contribution in [0, 0.1) is 0 Å². The van der Waals surface area contributed by atoms with Gasteiger partial charge in [0.05, 0.1) is 10.8 Å². The minimum absolute atomic E-state index is 0.0448. The summed E-state index contributed by atoms with van der Waals surface area (Å²) in [6, 6.07) is 7.40. The summed E-state index contributed by atoms with van der Waals surface area (Å²) in [7, 11) is 0. The predicted octanol–water partition coefficient (Wildman–Crippen LogP) is 3.13. The fourth-order valence-electron chi connectivity index (χ4n) is 1.67. The van der Waals surface area contributed by atoms with Crippen LogP contribution in [0.15, 0.2) is 29.4 Å². The summed E-state index contributed by atoms with van der Waals surface area (Å²) in [5.41, 5.74) is 0.553. The van der Waals surface area contributed by atoms with Gasteiger partial charge in [-0.15, -0.1) is 5.10 Å². The molecule has 5 nitrogen and oxygen atoms in total. The number of rotatable bonds is 4. The zero-order valence-electron chi connectivity index (χ0n) is 12.1. The van der Waals surface area contributed by atoms with E-state index in [4.69, 9.17) is 11.6 Å². The summed E-state index contributed by atoms with van der Waals surface area (Å²) in [6.45, 7) is 5.83. The van der Waals surface area contributed by atoms with Crippen LogP contribution in [0.3, 0.4) is 0 Å². The lowest BCUT2D eigenvalue weighted by Gasteiger charge is -2.19. The van der Waals surface area contributed by atoms with Crippen LogP contribution >= 0.6 is 23.4 Å². The van der Waals surface area contributed by atoms with Gasteiger partial charge in [0.15, 0.2) is 5.82 Å². The smallest absolute Gasteiger partial charge is 0.230 e. The van der Waals surface area contributed by atoms with Gasteiger partial charge in [0.25, 0.3) is 0 Å². The molecule has 1 aromatic heterocycles. The molecule has 0 radical (unpaired) electrons. The van der Waals surface area contributed by atoms with Crippen molar-refractivity contribution in [3.05, 3.63) is 29.3 Å². The van der Waals surface area contributed by atoms with E-state index in [9.17, 15) is 4.79 Å². The van der Waals surface area contributed by atoms with E-state index in [0.29, 0.717) is 16.0 Å². The van der Waals surface area contributed by atoms with Crippen molar-refractivity contribution >= 4 is 29.3 Å². The Morgan fingerprint density at radius 1 is 1.38 bits per heavy atom. The molecule has 0 atom stereocenters. The highest BCUT2D eigenvalue weighted by atomic mass is 35.5. The van der Waals surface area contributed by atoms with Gasteiger partial charge in [0.1, 0.15) is 0 Å². The first-order valence-electron chi connectivity index (χ1n) is 6.46. The quantitative estimate of drug-likeness (QED) is 0.848. The topological polar surface area (TPSA) is 70.7 Å². The second-order valence-electron chi connectivity index (χ2n) is 5.53. The van der Waals surface area contributed by atoms with E-state index < -0.39 is 0 Å². The van der Waals surface area contributed by atoms with Gasteiger partial charge in [-0.25, -0.2) is 4.98 Å². The first-order valence-corrected chi connectivity index (χ1v) is 7.82. The van der Waals surface area contributed by atoms with Crippen LogP contribution in [0.1, 0.15) is 20.8 Å². The molecule has 1 aromatic carbocycles. The van der Waals surface area contributed by atoms with Crippen molar-refractivity contribution in [3.63, 3.8) is 0 Å². The molecule has 2 rings (SSSR count). The number of halogens is 1. The molecule has 21 heavy (non-hydrogen) atoms. The SMILES string of the molecule is CC(C)(C)NC(=O)CSc1n[nH]c(-c2ccccc2Cl)n1. The number of thioether (sulfide) groups is 1. The summed E-state index contributed by atoms with van der Waals surface area (Å²) < 4.78 is 0. The summed E-state index contributed by atoms with van der Waals surface area (Å²) >= 11 is 7.39.